The van der Waals surface area contributed by atoms with Gasteiger partial charge >= 0.3 is 0 Å². The Hall–Kier alpha value is -2.73. The lowest BCUT2D eigenvalue weighted by molar-refractivity contribution is 0.0947. The van der Waals surface area contributed by atoms with Gasteiger partial charge in [-0.15, -0.1) is 0 Å². The predicted molar refractivity (Wildman–Crippen MR) is 101 cm³/mol. The molecule has 1 fully saturated rings. The number of H-pyrrole nitrogens is 1. The van der Waals surface area contributed by atoms with Crippen LogP contribution in [0.5, 0.6) is 0 Å². The van der Waals surface area contributed by atoms with Gasteiger partial charge in [0.2, 0.25) is 0 Å². The largest absolute Gasteiger partial charge is 0.352 e. The highest BCUT2D eigenvalue weighted by Crippen LogP contribution is 2.20. The smallest absolute Gasteiger partial charge is 0.251 e. The van der Waals surface area contributed by atoms with Gasteiger partial charge in [0.05, 0.1) is 0 Å². The SMILES string of the molecule is Cc1ccccc1CN1CC[C@@H](CNC(=O)c2ccc3n[nH]nc3c2)C1. The van der Waals surface area contributed by atoms with Gasteiger partial charge in [-0.1, -0.05) is 24.3 Å². The van der Waals surface area contributed by atoms with Crippen LogP contribution in [0.4, 0.5) is 0 Å². The number of fused-ring (bicyclic) bond motifs is 1. The van der Waals surface area contributed by atoms with Crippen molar-refractivity contribution < 1.29 is 4.79 Å². The predicted octanol–water partition coefficient (Wildman–Crippen LogP) is 2.52. The van der Waals surface area contributed by atoms with Crippen molar-refractivity contribution in [3.05, 3.63) is 59.2 Å². The first kappa shape index (κ1) is 16.7. The Morgan fingerprint density at radius 3 is 2.96 bits per heavy atom. The van der Waals surface area contributed by atoms with Gasteiger partial charge in [-0.3, -0.25) is 9.69 Å². The molecular weight excluding hydrogens is 326 g/mol. The molecule has 2 aromatic carbocycles. The molecule has 2 N–H and O–H groups in total. The molecule has 2 heterocycles. The van der Waals surface area contributed by atoms with E-state index in [0.29, 0.717) is 23.5 Å². The lowest BCUT2D eigenvalue weighted by atomic mass is 10.1. The summed E-state index contributed by atoms with van der Waals surface area (Å²) < 4.78 is 0. The second kappa shape index (κ2) is 7.25. The zero-order chi connectivity index (χ0) is 17.9. The van der Waals surface area contributed by atoms with Crippen molar-refractivity contribution in [2.75, 3.05) is 19.6 Å². The van der Waals surface area contributed by atoms with E-state index in [2.05, 4.69) is 56.8 Å². The fraction of sp³-hybridized carbons (Fsp3) is 0.350. The van der Waals surface area contributed by atoms with Crippen LogP contribution in [-0.2, 0) is 6.54 Å². The van der Waals surface area contributed by atoms with Crippen LogP contribution in [0.2, 0.25) is 0 Å². The van der Waals surface area contributed by atoms with Gasteiger partial charge in [0, 0.05) is 25.2 Å². The lowest BCUT2D eigenvalue weighted by Crippen LogP contribution is -2.31. The molecule has 3 aromatic rings. The lowest BCUT2D eigenvalue weighted by Gasteiger charge is -2.17. The summed E-state index contributed by atoms with van der Waals surface area (Å²) >= 11 is 0. The Morgan fingerprint density at radius 2 is 2.08 bits per heavy atom. The van der Waals surface area contributed by atoms with Gasteiger partial charge in [-0.05, 0) is 55.1 Å². The topological polar surface area (TPSA) is 73.9 Å². The van der Waals surface area contributed by atoms with Gasteiger partial charge in [-0.25, -0.2) is 0 Å². The van der Waals surface area contributed by atoms with Crippen LogP contribution >= 0.6 is 0 Å². The molecule has 1 aliphatic rings. The van der Waals surface area contributed by atoms with Crippen molar-refractivity contribution in [2.45, 2.75) is 19.9 Å². The minimum absolute atomic E-state index is 0.0488. The molecule has 26 heavy (non-hydrogen) atoms. The molecule has 1 aromatic heterocycles. The van der Waals surface area contributed by atoms with Gasteiger partial charge in [0.1, 0.15) is 11.0 Å². The number of hydrogen-bond donors (Lipinski definition) is 2. The highest BCUT2D eigenvalue weighted by molar-refractivity contribution is 5.97. The first-order valence-electron chi connectivity index (χ1n) is 9.04. The highest BCUT2D eigenvalue weighted by atomic mass is 16.1. The average Bonchev–Trinajstić information content (AvgIpc) is 3.30. The Labute approximate surface area is 152 Å². The molecule has 6 nitrogen and oxygen atoms in total. The third kappa shape index (κ3) is 3.60. The minimum Gasteiger partial charge on any atom is -0.352 e. The molecular formula is C20H23N5O. The average molecular weight is 349 g/mol. The third-order valence-electron chi connectivity index (χ3n) is 5.15. The van der Waals surface area contributed by atoms with E-state index in [0.717, 1.165) is 31.6 Å². The maximum absolute atomic E-state index is 12.4. The van der Waals surface area contributed by atoms with Crippen LogP contribution in [0.15, 0.2) is 42.5 Å². The van der Waals surface area contributed by atoms with Gasteiger partial charge < -0.3 is 5.32 Å². The number of amides is 1. The highest BCUT2D eigenvalue weighted by Gasteiger charge is 2.23. The number of aromatic amines is 1. The Kier molecular flexibility index (Phi) is 4.67. The van der Waals surface area contributed by atoms with Crippen LogP contribution in [0.25, 0.3) is 11.0 Å². The molecule has 0 saturated carbocycles. The Bertz CT molecular complexity index is 919. The zero-order valence-electron chi connectivity index (χ0n) is 14.9. The molecule has 1 amide bonds. The second-order valence-corrected chi connectivity index (χ2v) is 7.05. The van der Waals surface area contributed by atoms with Gasteiger partial charge in [0.25, 0.3) is 5.91 Å². The summed E-state index contributed by atoms with van der Waals surface area (Å²) in [7, 11) is 0. The molecule has 1 saturated heterocycles. The van der Waals surface area contributed by atoms with Crippen LogP contribution in [-0.4, -0.2) is 45.9 Å². The molecule has 0 bridgehead atoms. The van der Waals surface area contributed by atoms with Crippen LogP contribution in [0.3, 0.4) is 0 Å². The maximum Gasteiger partial charge on any atom is 0.251 e. The van der Waals surface area contributed by atoms with Crippen molar-refractivity contribution in [3.8, 4) is 0 Å². The maximum atomic E-state index is 12.4. The number of hydrogen-bond acceptors (Lipinski definition) is 4. The minimum atomic E-state index is -0.0488. The number of nitrogens with zero attached hydrogens (tertiary/aromatic N) is 3. The molecule has 1 atom stereocenters. The molecule has 134 valence electrons. The fourth-order valence-electron chi connectivity index (χ4n) is 3.57. The molecule has 0 spiro atoms. The summed E-state index contributed by atoms with van der Waals surface area (Å²) in [5, 5.41) is 13.7. The van der Waals surface area contributed by atoms with Crippen LogP contribution in [0, 0.1) is 12.8 Å². The van der Waals surface area contributed by atoms with Gasteiger partial charge in [-0.2, -0.15) is 15.4 Å². The first-order chi connectivity index (χ1) is 12.7. The summed E-state index contributed by atoms with van der Waals surface area (Å²) in [6.07, 6.45) is 1.12. The molecule has 0 unspecified atom stereocenters. The van der Waals surface area contributed by atoms with Crippen LogP contribution < -0.4 is 5.32 Å². The summed E-state index contributed by atoms with van der Waals surface area (Å²) in [5.41, 5.74) is 4.83. The number of aryl methyl sites for hydroxylation is 1. The second-order valence-electron chi connectivity index (χ2n) is 7.05. The summed E-state index contributed by atoms with van der Waals surface area (Å²) in [4.78, 5) is 14.9. The van der Waals surface area contributed by atoms with E-state index in [-0.39, 0.29) is 5.91 Å². The molecule has 0 aliphatic carbocycles. The molecule has 0 radical (unpaired) electrons. The number of benzene rings is 2. The van der Waals surface area contributed by atoms with E-state index >= 15 is 0 Å². The van der Waals surface area contributed by atoms with Gasteiger partial charge in [0.15, 0.2) is 0 Å². The van der Waals surface area contributed by atoms with E-state index in [9.17, 15) is 4.79 Å². The van der Waals surface area contributed by atoms with E-state index in [4.69, 9.17) is 0 Å². The fourth-order valence-corrected chi connectivity index (χ4v) is 3.57. The van der Waals surface area contributed by atoms with E-state index in [1.165, 1.54) is 11.1 Å². The van der Waals surface area contributed by atoms with Crippen molar-refractivity contribution in [1.82, 2.24) is 25.6 Å². The standard InChI is InChI=1S/C20H23N5O/c1-14-4-2-3-5-17(14)13-25-9-8-15(12-25)11-21-20(26)16-6-7-18-19(10-16)23-24-22-18/h2-7,10,15H,8-9,11-13H2,1H3,(H,21,26)(H,22,23,24)/t15-/m0/s1. The molecule has 4 rings (SSSR count). The third-order valence-corrected chi connectivity index (χ3v) is 5.15. The Balaban J connectivity index is 1.30. The monoisotopic (exact) mass is 349 g/mol. The van der Waals surface area contributed by atoms with Crippen molar-refractivity contribution in [1.29, 1.82) is 0 Å². The van der Waals surface area contributed by atoms with E-state index in [1.807, 2.05) is 6.07 Å². The molecule has 6 heteroatoms. The quantitative estimate of drug-likeness (QED) is 0.742. The number of aromatic nitrogens is 3. The number of carbonyl (C=O) groups is 1. The van der Waals surface area contributed by atoms with Crippen molar-refractivity contribution in [3.63, 3.8) is 0 Å². The van der Waals surface area contributed by atoms with Crippen molar-refractivity contribution in [2.24, 2.45) is 5.92 Å². The normalized spacial score (nSPS) is 17.7. The first-order valence-corrected chi connectivity index (χ1v) is 9.04. The zero-order valence-corrected chi connectivity index (χ0v) is 14.9. The van der Waals surface area contributed by atoms with E-state index in [1.54, 1.807) is 12.1 Å². The number of likely N-dealkylation sites (tertiary alicyclic amines) is 1. The summed E-state index contributed by atoms with van der Waals surface area (Å²) in [6, 6.07) is 13.9. The van der Waals surface area contributed by atoms with Crippen LogP contribution in [0.1, 0.15) is 27.9 Å². The molecule has 1 aliphatic heterocycles. The number of rotatable bonds is 5. The Morgan fingerprint density at radius 1 is 1.23 bits per heavy atom. The van der Waals surface area contributed by atoms with E-state index < -0.39 is 0 Å². The number of nitrogens with one attached hydrogen (secondary N) is 2. The summed E-state index contributed by atoms with van der Waals surface area (Å²) in [6.45, 7) is 5.96. The number of carbonyl (C=O) groups excluding carboxylic acids is 1. The summed E-state index contributed by atoms with van der Waals surface area (Å²) in [5.74, 6) is 0.450. The van der Waals surface area contributed by atoms with Crippen molar-refractivity contribution >= 4 is 16.9 Å².